The molecule has 2 atom stereocenters. The summed E-state index contributed by atoms with van der Waals surface area (Å²) >= 11 is 1.87. The van der Waals surface area contributed by atoms with Gasteiger partial charge in [0.2, 0.25) is 0 Å². The molecule has 4 heteroatoms. The first-order valence-corrected chi connectivity index (χ1v) is 20.5. The number of hydrogen-bond acceptors (Lipinski definition) is 4. The van der Waals surface area contributed by atoms with Gasteiger partial charge in [-0.25, -0.2) is 0 Å². The number of nitrogens with zero attached hydrogens (tertiary/aromatic N) is 1. The van der Waals surface area contributed by atoms with Gasteiger partial charge < -0.3 is 10.5 Å². The topological polar surface area (TPSA) is 47.6 Å². The van der Waals surface area contributed by atoms with Crippen molar-refractivity contribution in [1.82, 2.24) is 0 Å². The molecular formula is C53H44N2OS. The van der Waals surface area contributed by atoms with Gasteiger partial charge in [-0.15, -0.1) is 11.3 Å². The summed E-state index contributed by atoms with van der Waals surface area (Å²) in [6.45, 7) is 6.57. The molecule has 0 saturated heterocycles. The maximum absolute atomic E-state index is 6.74. The lowest BCUT2D eigenvalue weighted by Crippen LogP contribution is -2.19. The first-order valence-electron chi connectivity index (χ1n) is 19.7. The van der Waals surface area contributed by atoms with Gasteiger partial charge in [-0.05, 0) is 65.3 Å². The van der Waals surface area contributed by atoms with E-state index >= 15 is 0 Å². The highest BCUT2D eigenvalue weighted by atomic mass is 32.1. The summed E-state index contributed by atoms with van der Waals surface area (Å²) in [4.78, 5) is 4.96. The fourth-order valence-corrected chi connectivity index (χ4v) is 9.33. The number of fused-ring (bicyclic) bond motifs is 6. The molecule has 0 amide bonds. The van der Waals surface area contributed by atoms with Crippen LogP contribution in [0.2, 0.25) is 0 Å². The van der Waals surface area contributed by atoms with Gasteiger partial charge in [0, 0.05) is 59.8 Å². The van der Waals surface area contributed by atoms with E-state index in [4.69, 9.17) is 15.5 Å². The third-order valence-corrected chi connectivity index (χ3v) is 12.3. The molecule has 2 aliphatic carbocycles. The zero-order chi connectivity index (χ0) is 38.7. The summed E-state index contributed by atoms with van der Waals surface area (Å²) < 4.78 is 9.39. The molecule has 2 N–H and O–H groups in total. The summed E-state index contributed by atoms with van der Waals surface area (Å²) in [7, 11) is 0. The van der Waals surface area contributed by atoms with Crippen molar-refractivity contribution in [3.05, 3.63) is 210 Å². The molecular weight excluding hydrogens is 713 g/mol. The Morgan fingerprint density at radius 3 is 2.30 bits per heavy atom. The van der Waals surface area contributed by atoms with E-state index in [9.17, 15) is 0 Å². The van der Waals surface area contributed by atoms with Crippen molar-refractivity contribution in [2.24, 2.45) is 10.7 Å². The van der Waals surface area contributed by atoms with Gasteiger partial charge in [0.15, 0.2) is 0 Å². The monoisotopic (exact) mass is 756 g/mol. The van der Waals surface area contributed by atoms with E-state index in [0.29, 0.717) is 12.2 Å². The number of allylic oxidation sites excluding steroid dienone is 6. The van der Waals surface area contributed by atoms with E-state index < -0.39 is 0 Å². The second kappa shape index (κ2) is 15.9. The van der Waals surface area contributed by atoms with Crippen LogP contribution in [0.4, 0.5) is 0 Å². The Morgan fingerprint density at radius 1 is 0.737 bits per heavy atom. The van der Waals surface area contributed by atoms with Crippen LogP contribution in [0, 0.1) is 0 Å². The van der Waals surface area contributed by atoms with Crippen LogP contribution in [0.3, 0.4) is 0 Å². The van der Waals surface area contributed by atoms with Crippen molar-refractivity contribution < 1.29 is 4.74 Å². The molecule has 6 aromatic carbocycles. The van der Waals surface area contributed by atoms with Crippen LogP contribution in [0.15, 0.2) is 193 Å². The van der Waals surface area contributed by atoms with Gasteiger partial charge in [0.25, 0.3) is 0 Å². The third kappa shape index (κ3) is 7.33. The van der Waals surface area contributed by atoms with E-state index in [0.717, 1.165) is 41.0 Å². The molecule has 10 rings (SSSR count). The van der Waals surface area contributed by atoms with Gasteiger partial charge in [-0.2, -0.15) is 0 Å². The van der Waals surface area contributed by atoms with Gasteiger partial charge in [-0.3, -0.25) is 4.99 Å². The molecule has 0 bridgehead atoms. The third-order valence-electron chi connectivity index (χ3n) is 11.1. The molecule has 57 heavy (non-hydrogen) atoms. The van der Waals surface area contributed by atoms with Crippen molar-refractivity contribution >= 4 is 48.5 Å². The summed E-state index contributed by atoms with van der Waals surface area (Å²) in [6.07, 6.45) is 15.8. The molecule has 7 aromatic rings. The highest BCUT2D eigenvalue weighted by molar-refractivity contribution is 7.26. The normalized spacial score (nSPS) is 16.9. The molecule has 0 spiro atoms. The average molecular weight is 757 g/mol. The molecule has 3 nitrogen and oxygen atoms in total. The second-order valence-electron chi connectivity index (χ2n) is 14.8. The molecule has 1 aromatic heterocycles. The highest BCUT2D eigenvalue weighted by Gasteiger charge is 2.35. The molecule has 3 aliphatic rings. The van der Waals surface area contributed by atoms with Crippen molar-refractivity contribution in [3.63, 3.8) is 0 Å². The number of para-hydroxylation sites is 1. The molecule has 2 unspecified atom stereocenters. The molecule has 0 fully saturated rings. The predicted molar refractivity (Wildman–Crippen MR) is 244 cm³/mol. The van der Waals surface area contributed by atoms with Crippen molar-refractivity contribution in [1.29, 1.82) is 0 Å². The number of thiophene rings is 1. The minimum absolute atomic E-state index is 0.0241. The Balaban J connectivity index is 0.000000237. The maximum atomic E-state index is 6.74. The smallest absolute Gasteiger partial charge is 0.132 e. The Labute approximate surface area is 339 Å². The fraction of sp³-hybridized carbons (Fsp3) is 0.113. The predicted octanol–water partition coefficient (Wildman–Crippen LogP) is 13.7. The first-order chi connectivity index (χ1) is 28.0. The largest absolute Gasteiger partial charge is 0.484 e. The summed E-state index contributed by atoms with van der Waals surface area (Å²) in [6, 6.07) is 49.0. The Hall–Kier alpha value is -6.49. The van der Waals surface area contributed by atoms with Crippen LogP contribution in [-0.2, 0) is 6.54 Å². The van der Waals surface area contributed by atoms with Crippen molar-refractivity contribution in [2.75, 3.05) is 0 Å². The SMILES string of the molecule is C=C(N)c1ccccc1-c1ccccc1.CC(=NCc1ccc(C2=CCCC=C2)cc1)C1=CC2Oc3c(-c4cccc5c4sc4ccccc45)cccc3C2C=C1. The van der Waals surface area contributed by atoms with E-state index in [1.165, 1.54) is 59.1 Å². The quantitative estimate of drug-likeness (QED) is 0.165. The zero-order valence-corrected chi connectivity index (χ0v) is 32.9. The number of aliphatic imine (C=N–C) groups is 1. The molecule has 0 radical (unpaired) electrons. The number of ether oxygens (including phenoxy) is 1. The average Bonchev–Trinajstić information content (AvgIpc) is 3.85. The second-order valence-corrected chi connectivity index (χ2v) is 15.8. The minimum atomic E-state index is -0.0241. The fourth-order valence-electron chi connectivity index (χ4n) is 8.10. The number of benzene rings is 6. The van der Waals surface area contributed by atoms with Gasteiger partial charge in [-0.1, -0.05) is 170 Å². The van der Waals surface area contributed by atoms with Gasteiger partial charge in [0.1, 0.15) is 11.9 Å². The van der Waals surface area contributed by atoms with E-state index in [1.807, 2.05) is 47.7 Å². The highest BCUT2D eigenvalue weighted by Crippen LogP contribution is 2.49. The molecule has 1 aliphatic heterocycles. The van der Waals surface area contributed by atoms with E-state index in [2.05, 4.69) is 153 Å². The lowest BCUT2D eigenvalue weighted by atomic mass is 9.87. The Bertz CT molecular complexity index is 2780. The summed E-state index contributed by atoms with van der Waals surface area (Å²) in [5, 5.41) is 2.63. The molecule has 278 valence electrons. The minimum Gasteiger partial charge on any atom is -0.484 e. The number of rotatable bonds is 7. The van der Waals surface area contributed by atoms with Crippen molar-refractivity contribution in [3.8, 4) is 28.0 Å². The first kappa shape index (κ1) is 36.2. The summed E-state index contributed by atoms with van der Waals surface area (Å²) in [5.41, 5.74) is 19.4. The molecule has 0 saturated carbocycles. The van der Waals surface area contributed by atoms with E-state index in [1.54, 1.807) is 0 Å². The summed E-state index contributed by atoms with van der Waals surface area (Å²) in [5.74, 6) is 1.23. The van der Waals surface area contributed by atoms with Crippen LogP contribution in [0.1, 0.15) is 47.9 Å². The maximum Gasteiger partial charge on any atom is 0.132 e. The van der Waals surface area contributed by atoms with Crippen LogP contribution in [0.5, 0.6) is 5.75 Å². The number of nitrogens with two attached hydrogens (primary N) is 1. The van der Waals surface area contributed by atoms with Crippen LogP contribution in [-0.4, -0.2) is 11.8 Å². The lowest BCUT2D eigenvalue weighted by molar-refractivity contribution is 0.269. The van der Waals surface area contributed by atoms with Crippen molar-refractivity contribution in [2.45, 2.75) is 38.3 Å². The van der Waals surface area contributed by atoms with Crippen LogP contribution < -0.4 is 10.5 Å². The van der Waals surface area contributed by atoms with E-state index in [-0.39, 0.29) is 12.0 Å². The number of hydrogen-bond donors (Lipinski definition) is 1. The van der Waals surface area contributed by atoms with Gasteiger partial charge in [0.05, 0.1) is 6.54 Å². The van der Waals surface area contributed by atoms with Crippen LogP contribution >= 0.6 is 11.3 Å². The molecule has 2 heterocycles. The zero-order valence-electron chi connectivity index (χ0n) is 32.1. The van der Waals surface area contributed by atoms with Gasteiger partial charge >= 0.3 is 0 Å². The van der Waals surface area contributed by atoms with Crippen LogP contribution in [0.25, 0.3) is 53.7 Å². The Morgan fingerprint density at radius 2 is 1.47 bits per heavy atom. The Kier molecular flexibility index (Phi) is 10.1. The lowest BCUT2D eigenvalue weighted by Gasteiger charge is -2.18. The standard InChI is InChI=1S/C39H31NOS.C14H13N/c1-25(40-24-26-17-19-28(20-18-26)27-9-3-2-4-10-27)29-21-22-30-32-12-7-13-33(38(32)41-36(30)23-29)35-15-8-14-34-31-11-5-6-16-37(31)42-39(34)35;1-11(15)13-9-5-6-10-14(13)12-7-3-2-4-8-12/h3,5-23,30,36H,2,4,24H2,1H3;2-10H,1,15H2.